The Morgan fingerprint density at radius 3 is 1.13 bits per heavy atom. The first-order valence-corrected chi connectivity index (χ1v) is 9.45. The minimum atomic E-state index is -0.417. The van der Waals surface area contributed by atoms with E-state index in [-0.39, 0.29) is 0 Å². The van der Waals surface area contributed by atoms with Gasteiger partial charge in [-0.2, -0.15) is 0 Å². The third kappa shape index (κ3) is 26.6. The molecule has 0 amide bonds. The van der Waals surface area contributed by atoms with Crippen LogP contribution in [0.25, 0.3) is 0 Å². The minimum absolute atomic E-state index is 0.358. The summed E-state index contributed by atoms with van der Waals surface area (Å²) >= 11 is 0.358. The van der Waals surface area contributed by atoms with Gasteiger partial charge in [-0.1, -0.05) is 41.5 Å². The number of rotatable bonds is 2. The van der Waals surface area contributed by atoms with Gasteiger partial charge in [-0.05, 0) is 0 Å². The van der Waals surface area contributed by atoms with Crippen molar-refractivity contribution in [3.05, 3.63) is 45.0 Å². The molecule has 0 N–H and O–H groups in total. The Bertz CT molecular complexity index is 341. The fourth-order valence-electron chi connectivity index (χ4n) is 1.22. The molecule has 0 fully saturated rings. The fraction of sp³-hybridized carbons (Fsp3) is 0.579. The Morgan fingerprint density at radius 1 is 0.696 bits per heavy atom. The number of hydrogen-bond donors (Lipinski definition) is 0. The van der Waals surface area contributed by atoms with E-state index in [1.807, 2.05) is 0 Å². The normalized spacial score (nSPS) is 14.3. The van der Waals surface area contributed by atoms with Gasteiger partial charge in [0.05, 0.1) is 0 Å². The largest absolute Gasteiger partial charge is 0.852 e. The molecule has 0 saturated carbocycles. The molecule has 2 aliphatic rings. The summed E-state index contributed by atoms with van der Waals surface area (Å²) in [5, 5.41) is 28.6. The van der Waals surface area contributed by atoms with E-state index >= 15 is 0 Å². The summed E-state index contributed by atoms with van der Waals surface area (Å²) in [4.78, 5) is 0. The molecule has 0 aliphatic heterocycles. The zero-order valence-electron chi connectivity index (χ0n) is 15.3. The molecule has 0 unspecified atom stereocenters. The molecule has 2 rings (SSSR count). The van der Waals surface area contributed by atoms with Gasteiger partial charge >= 0.3 is 74.2 Å². The first-order valence-electron chi connectivity index (χ1n) is 8.05. The van der Waals surface area contributed by atoms with Crippen LogP contribution in [-0.4, -0.2) is 18.3 Å². The smallest absolute Gasteiger partial charge is 0.0783 e. The quantitative estimate of drug-likeness (QED) is 0.758. The van der Waals surface area contributed by atoms with Crippen molar-refractivity contribution < 1.29 is 31.6 Å². The van der Waals surface area contributed by atoms with Gasteiger partial charge in [0.25, 0.3) is 0 Å². The molecule has 0 radical (unpaired) electrons. The van der Waals surface area contributed by atoms with Crippen molar-refractivity contribution in [2.24, 2.45) is 0 Å². The van der Waals surface area contributed by atoms with Gasteiger partial charge in [0.2, 0.25) is 0 Å². The number of hydrogen-bond acceptors (Lipinski definition) is 3. The van der Waals surface area contributed by atoms with Gasteiger partial charge in [-0.15, -0.1) is 18.3 Å². The van der Waals surface area contributed by atoms with Crippen molar-refractivity contribution in [3.8, 4) is 0 Å². The summed E-state index contributed by atoms with van der Waals surface area (Å²) < 4.78 is 3.30. The first-order chi connectivity index (χ1) is 10.6. The van der Waals surface area contributed by atoms with E-state index in [0.717, 1.165) is 0 Å². The van der Waals surface area contributed by atoms with Crippen molar-refractivity contribution in [2.75, 3.05) is 0 Å². The van der Waals surface area contributed by atoms with Crippen LogP contribution in [0.5, 0.6) is 0 Å². The summed E-state index contributed by atoms with van der Waals surface area (Å²) in [6, 6.07) is 0. The molecule has 4 heteroatoms. The van der Waals surface area contributed by atoms with Crippen molar-refractivity contribution in [1.29, 1.82) is 0 Å². The molecule has 0 aromatic heterocycles. The Hall–Kier alpha value is -0.576. The van der Waals surface area contributed by atoms with Crippen molar-refractivity contribution in [2.45, 2.75) is 72.7 Å². The van der Waals surface area contributed by atoms with E-state index in [2.05, 4.69) is 36.5 Å². The van der Waals surface area contributed by atoms with Crippen molar-refractivity contribution in [3.63, 3.8) is 0 Å². The average Bonchev–Trinajstić information content (AvgIpc) is 3.00. The number of allylic oxidation sites excluding steroid dienone is 8. The van der Waals surface area contributed by atoms with Crippen molar-refractivity contribution >= 4 is 0 Å². The van der Waals surface area contributed by atoms with Gasteiger partial charge < -0.3 is 15.3 Å². The Balaban J connectivity index is 0. The van der Waals surface area contributed by atoms with Crippen LogP contribution in [0, 0.1) is 0 Å². The molecule has 0 aromatic rings. The molecule has 2 aliphatic carbocycles. The predicted octanol–water partition coefficient (Wildman–Crippen LogP) is 2.02. The first kappa shape index (κ1) is 24.7. The maximum absolute atomic E-state index is 9.53. The molecule has 0 heterocycles. The van der Waals surface area contributed by atoms with E-state index < -0.39 is 18.3 Å². The van der Waals surface area contributed by atoms with Crippen LogP contribution in [0.15, 0.2) is 45.0 Å². The molecular weight excluding hydrogens is 327 g/mol. The summed E-state index contributed by atoms with van der Waals surface area (Å²) in [6.45, 7) is 9.67. The second-order valence-corrected chi connectivity index (χ2v) is 7.98. The summed E-state index contributed by atoms with van der Waals surface area (Å²) in [7, 11) is 0. The maximum atomic E-state index is 9.53. The van der Waals surface area contributed by atoms with Crippen LogP contribution in [0.2, 0.25) is 0 Å². The topological polar surface area (TPSA) is 69.2 Å². The molecule has 3 nitrogen and oxygen atoms in total. The fourth-order valence-corrected chi connectivity index (χ4v) is 2.91. The van der Waals surface area contributed by atoms with E-state index in [4.69, 9.17) is 0 Å². The second kappa shape index (κ2) is 16.3. The van der Waals surface area contributed by atoms with Crippen LogP contribution in [0.3, 0.4) is 0 Å². The van der Waals surface area contributed by atoms with Gasteiger partial charge in [0, 0.05) is 0 Å². The summed E-state index contributed by atoms with van der Waals surface area (Å²) in [5.74, 6) is 0. The van der Waals surface area contributed by atoms with E-state index in [1.165, 1.54) is 12.8 Å². The third-order valence-corrected chi connectivity index (χ3v) is 3.72. The zero-order valence-corrected chi connectivity index (χ0v) is 16.7. The predicted molar refractivity (Wildman–Crippen MR) is 89.1 cm³/mol. The Labute approximate surface area is 149 Å². The summed E-state index contributed by atoms with van der Waals surface area (Å²) in [6.07, 6.45) is 14.6. The second-order valence-electron chi connectivity index (χ2n) is 5.84. The van der Waals surface area contributed by atoms with Gasteiger partial charge in [0.1, 0.15) is 0 Å². The zero-order chi connectivity index (χ0) is 18.3. The monoisotopic (exact) mass is 358 g/mol. The third-order valence-electron chi connectivity index (χ3n) is 1.79. The van der Waals surface area contributed by atoms with Gasteiger partial charge in [-0.25, -0.2) is 0 Å². The molecular formula is C19H31O3V. The van der Waals surface area contributed by atoms with Gasteiger partial charge in [0.15, 0.2) is 0 Å². The molecule has 0 saturated heterocycles. The minimum Gasteiger partial charge on any atom is -0.852 e. The molecule has 0 bridgehead atoms. The van der Waals surface area contributed by atoms with E-state index in [9.17, 15) is 15.3 Å². The Morgan fingerprint density at radius 2 is 0.957 bits per heavy atom. The molecule has 0 aromatic carbocycles. The van der Waals surface area contributed by atoms with E-state index in [0.29, 0.717) is 16.3 Å². The van der Waals surface area contributed by atoms with Gasteiger partial charge in [-0.3, -0.25) is 0 Å². The van der Waals surface area contributed by atoms with Crippen LogP contribution < -0.4 is 15.3 Å². The van der Waals surface area contributed by atoms with Crippen LogP contribution >= 0.6 is 0 Å². The SMILES string of the molecule is C1=CC[C]([V+3][C]2=CC=CC2)=C1.CC(C)[O-].CC(C)[O-].CC(C)[O-]. The van der Waals surface area contributed by atoms with Crippen molar-refractivity contribution in [1.82, 2.24) is 0 Å². The maximum Gasteiger partial charge on any atom is -0.0783 e. The molecule has 130 valence electrons. The van der Waals surface area contributed by atoms with Crippen LogP contribution in [0.1, 0.15) is 54.4 Å². The summed E-state index contributed by atoms with van der Waals surface area (Å²) in [5.41, 5.74) is 0. The average molecular weight is 358 g/mol. The van der Waals surface area contributed by atoms with Crippen LogP contribution in [-0.2, 0) is 16.3 Å². The molecule has 0 atom stereocenters. The van der Waals surface area contributed by atoms with Crippen LogP contribution in [0.4, 0.5) is 0 Å². The molecule has 23 heavy (non-hydrogen) atoms. The van der Waals surface area contributed by atoms with E-state index in [1.54, 1.807) is 50.1 Å². The molecule has 0 spiro atoms. The standard InChI is InChI=1S/2C5H5.3C3H7O.V/c2*1-2-4-5-3-1;3*1-3(2)4;/h2*1-3H,4H2;3*3H,1-2H3;/q;;3*-1;+3. The Kier molecular flexibility index (Phi) is 17.5.